The number of oxazole rings is 1. The standard InChI is InChI=1S/C41H23N3O2/c1-3-9-24(10-4-1)38-30-13-7-8-14-33(30)42-40(43-38)28-17-18-29-26(21-28)15-16-27-22-36-32(23-31(27)29)37-34(45-36)19-20-35-39(37)44-41(46-35)25-11-5-2-6-12-25/h1-23H. The van der Waals surface area contributed by atoms with Gasteiger partial charge in [-0.05, 0) is 70.1 Å². The molecule has 0 aliphatic heterocycles. The second-order valence-corrected chi connectivity index (χ2v) is 11.6. The van der Waals surface area contributed by atoms with Crippen molar-refractivity contribution >= 4 is 65.5 Å². The van der Waals surface area contributed by atoms with E-state index in [4.69, 9.17) is 23.8 Å². The predicted molar refractivity (Wildman–Crippen MR) is 186 cm³/mol. The molecule has 0 amide bonds. The predicted octanol–water partition coefficient (Wildman–Crippen LogP) is 11.0. The third kappa shape index (κ3) is 3.79. The summed E-state index contributed by atoms with van der Waals surface area (Å²) in [5.41, 5.74) is 8.01. The molecule has 0 atom stereocenters. The van der Waals surface area contributed by atoms with Crippen molar-refractivity contribution in [2.75, 3.05) is 0 Å². The molecule has 10 rings (SSSR count). The van der Waals surface area contributed by atoms with Crippen molar-refractivity contribution in [3.05, 3.63) is 140 Å². The van der Waals surface area contributed by atoms with E-state index < -0.39 is 0 Å². The summed E-state index contributed by atoms with van der Waals surface area (Å²) in [6.07, 6.45) is 0. The van der Waals surface area contributed by atoms with E-state index in [1.54, 1.807) is 0 Å². The van der Waals surface area contributed by atoms with E-state index in [-0.39, 0.29) is 0 Å². The largest absolute Gasteiger partial charge is 0.456 e. The molecule has 0 aliphatic rings. The molecule has 214 valence electrons. The van der Waals surface area contributed by atoms with Gasteiger partial charge in [0.15, 0.2) is 11.4 Å². The highest BCUT2D eigenvalue weighted by Crippen LogP contribution is 2.40. The van der Waals surface area contributed by atoms with Crippen LogP contribution in [0.15, 0.2) is 148 Å². The molecule has 0 fully saturated rings. The van der Waals surface area contributed by atoms with E-state index in [9.17, 15) is 0 Å². The van der Waals surface area contributed by atoms with Gasteiger partial charge in [-0.15, -0.1) is 0 Å². The van der Waals surface area contributed by atoms with E-state index in [2.05, 4.69) is 66.7 Å². The van der Waals surface area contributed by atoms with Crippen LogP contribution in [0.1, 0.15) is 0 Å². The third-order valence-electron chi connectivity index (χ3n) is 8.88. The van der Waals surface area contributed by atoms with Gasteiger partial charge in [0.2, 0.25) is 5.89 Å². The maximum Gasteiger partial charge on any atom is 0.227 e. The molecule has 5 nitrogen and oxygen atoms in total. The normalized spacial score (nSPS) is 11.9. The minimum absolute atomic E-state index is 0.600. The van der Waals surface area contributed by atoms with E-state index in [0.717, 1.165) is 87.9 Å². The molecule has 0 bridgehead atoms. The van der Waals surface area contributed by atoms with E-state index in [1.165, 1.54) is 0 Å². The van der Waals surface area contributed by atoms with Gasteiger partial charge in [0, 0.05) is 27.5 Å². The fraction of sp³-hybridized carbons (Fsp3) is 0. The summed E-state index contributed by atoms with van der Waals surface area (Å²) in [6.45, 7) is 0. The highest BCUT2D eigenvalue weighted by Gasteiger charge is 2.18. The van der Waals surface area contributed by atoms with Gasteiger partial charge in [0.1, 0.15) is 16.7 Å². The summed E-state index contributed by atoms with van der Waals surface area (Å²) in [4.78, 5) is 15.0. The molecule has 0 spiro atoms. The number of fused-ring (bicyclic) bond motifs is 9. The Morgan fingerprint density at radius 1 is 0.413 bits per heavy atom. The van der Waals surface area contributed by atoms with Crippen molar-refractivity contribution < 1.29 is 8.83 Å². The van der Waals surface area contributed by atoms with E-state index in [1.807, 2.05) is 72.8 Å². The quantitative estimate of drug-likeness (QED) is 0.192. The number of furan rings is 1. The second kappa shape index (κ2) is 9.58. The average Bonchev–Trinajstić information content (AvgIpc) is 3.72. The van der Waals surface area contributed by atoms with Crippen molar-refractivity contribution in [1.82, 2.24) is 15.0 Å². The molecule has 0 unspecified atom stereocenters. The summed E-state index contributed by atoms with van der Waals surface area (Å²) in [7, 11) is 0. The summed E-state index contributed by atoms with van der Waals surface area (Å²) < 4.78 is 12.5. The smallest absolute Gasteiger partial charge is 0.227 e. The van der Waals surface area contributed by atoms with Crippen LogP contribution in [-0.2, 0) is 0 Å². The molecule has 0 saturated heterocycles. The number of benzene rings is 7. The zero-order valence-corrected chi connectivity index (χ0v) is 24.4. The first kappa shape index (κ1) is 25.0. The highest BCUT2D eigenvalue weighted by atomic mass is 16.4. The van der Waals surface area contributed by atoms with Gasteiger partial charge in [-0.1, -0.05) is 91.0 Å². The van der Waals surface area contributed by atoms with Gasteiger partial charge in [0.05, 0.1) is 16.6 Å². The van der Waals surface area contributed by atoms with Crippen molar-refractivity contribution in [3.63, 3.8) is 0 Å². The molecular formula is C41H23N3O2. The van der Waals surface area contributed by atoms with Crippen LogP contribution in [0, 0.1) is 0 Å². The molecular weight excluding hydrogens is 566 g/mol. The first-order valence-corrected chi connectivity index (χ1v) is 15.3. The van der Waals surface area contributed by atoms with Gasteiger partial charge < -0.3 is 8.83 Å². The lowest BCUT2D eigenvalue weighted by Gasteiger charge is -2.11. The Morgan fingerprint density at radius 2 is 1.15 bits per heavy atom. The lowest BCUT2D eigenvalue weighted by molar-refractivity contribution is 0.619. The molecule has 0 saturated carbocycles. The minimum atomic E-state index is 0.600. The van der Waals surface area contributed by atoms with Gasteiger partial charge in [-0.2, -0.15) is 0 Å². The van der Waals surface area contributed by atoms with Gasteiger partial charge >= 0.3 is 0 Å². The van der Waals surface area contributed by atoms with Crippen LogP contribution in [0.25, 0.3) is 99.6 Å². The zero-order chi connectivity index (χ0) is 30.2. The maximum absolute atomic E-state index is 6.36. The summed E-state index contributed by atoms with van der Waals surface area (Å²) in [5, 5.41) is 7.55. The van der Waals surface area contributed by atoms with Crippen LogP contribution in [0.2, 0.25) is 0 Å². The molecule has 46 heavy (non-hydrogen) atoms. The van der Waals surface area contributed by atoms with E-state index >= 15 is 0 Å². The van der Waals surface area contributed by atoms with Crippen molar-refractivity contribution in [2.45, 2.75) is 0 Å². The molecule has 7 aromatic carbocycles. The monoisotopic (exact) mass is 589 g/mol. The summed E-state index contributed by atoms with van der Waals surface area (Å²) >= 11 is 0. The maximum atomic E-state index is 6.36. The van der Waals surface area contributed by atoms with Gasteiger partial charge in [-0.3, -0.25) is 0 Å². The molecule has 10 aromatic rings. The molecule has 3 heterocycles. The Hall–Kier alpha value is -6.33. The van der Waals surface area contributed by atoms with Gasteiger partial charge in [0.25, 0.3) is 0 Å². The zero-order valence-electron chi connectivity index (χ0n) is 24.4. The van der Waals surface area contributed by atoms with Crippen molar-refractivity contribution in [2.24, 2.45) is 0 Å². The van der Waals surface area contributed by atoms with Crippen LogP contribution in [0.5, 0.6) is 0 Å². The number of aromatic nitrogens is 3. The molecule has 3 aromatic heterocycles. The Bertz CT molecular complexity index is 2800. The highest BCUT2D eigenvalue weighted by molar-refractivity contribution is 6.21. The molecule has 0 aliphatic carbocycles. The number of rotatable bonds is 3. The van der Waals surface area contributed by atoms with E-state index in [0.29, 0.717) is 11.7 Å². The summed E-state index contributed by atoms with van der Waals surface area (Å²) in [5.74, 6) is 1.31. The first-order valence-electron chi connectivity index (χ1n) is 15.3. The Morgan fingerprint density at radius 3 is 2.00 bits per heavy atom. The fourth-order valence-electron chi connectivity index (χ4n) is 6.68. The fourth-order valence-corrected chi connectivity index (χ4v) is 6.68. The van der Waals surface area contributed by atoms with Crippen LogP contribution < -0.4 is 0 Å². The lowest BCUT2D eigenvalue weighted by atomic mass is 9.98. The number of nitrogens with zero attached hydrogens (tertiary/aromatic N) is 3. The van der Waals surface area contributed by atoms with Crippen LogP contribution in [-0.4, -0.2) is 15.0 Å². The second-order valence-electron chi connectivity index (χ2n) is 11.6. The Balaban J connectivity index is 1.16. The van der Waals surface area contributed by atoms with Crippen LogP contribution in [0.3, 0.4) is 0 Å². The van der Waals surface area contributed by atoms with Gasteiger partial charge in [-0.25, -0.2) is 15.0 Å². The topological polar surface area (TPSA) is 65.0 Å². The van der Waals surface area contributed by atoms with Crippen molar-refractivity contribution in [3.8, 4) is 34.1 Å². The molecule has 0 radical (unpaired) electrons. The number of hydrogen-bond acceptors (Lipinski definition) is 5. The number of hydrogen-bond donors (Lipinski definition) is 0. The Labute approximate surface area is 262 Å². The summed E-state index contributed by atoms with van der Waals surface area (Å²) in [6, 6.07) is 47.6. The van der Waals surface area contributed by atoms with Crippen LogP contribution in [0.4, 0.5) is 0 Å². The lowest BCUT2D eigenvalue weighted by Crippen LogP contribution is -1.95. The SMILES string of the molecule is c1ccc(-c2nc3c(ccc4oc5cc6ccc7cc(-c8nc(-c9ccccc9)c9ccccc9n8)ccc7c6cc5c43)o2)cc1. The molecule has 5 heteroatoms. The Kier molecular flexibility index (Phi) is 5.22. The van der Waals surface area contributed by atoms with Crippen molar-refractivity contribution in [1.29, 1.82) is 0 Å². The molecule has 0 N–H and O–H groups in total. The average molecular weight is 590 g/mol. The van der Waals surface area contributed by atoms with Crippen LogP contribution >= 0.6 is 0 Å². The number of para-hydroxylation sites is 1. The third-order valence-corrected chi connectivity index (χ3v) is 8.88. The first-order chi connectivity index (χ1) is 22.8. The minimum Gasteiger partial charge on any atom is -0.456 e.